The third kappa shape index (κ3) is 4.29. The number of hydrogen-bond acceptors (Lipinski definition) is 4. The fourth-order valence-electron chi connectivity index (χ4n) is 1.62. The predicted octanol–water partition coefficient (Wildman–Crippen LogP) is 6.04. The first-order valence-electron chi connectivity index (χ1n) is 6.24. The van der Waals surface area contributed by atoms with Crippen LogP contribution in [-0.2, 0) is 0 Å². The van der Waals surface area contributed by atoms with Crippen LogP contribution in [0.1, 0.15) is 19.8 Å². The molecule has 0 amide bonds. The molecule has 98 valence electrons. The Morgan fingerprint density at radius 1 is 1.21 bits per heavy atom. The van der Waals surface area contributed by atoms with Gasteiger partial charge in [0.1, 0.15) is 0 Å². The highest BCUT2D eigenvalue weighted by Crippen LogP contribution is 2.34. The van der Waals surface area contributed by atoms with Crippen molar-refractivity contribution in [2.45, 2.75) is 24.0 Å². The Kier molecular flexibility index (Phi) is 5.80. The van der Waals surface area contributed by atoms with Crippen molar-refractivity contribution < 1.29 is 0 Å². The fourth-order valence-corrected chi connectivity index (χ4v) is 4.02. The van der Waals surface area contributed by atoms with Crippen molar-refractivity contribution >= 4 is 46.2 Å². The minimum Gasteiger partial charge on any atom is -0.195 e. The molecule has 0 aliphatic carbocycles. The van der Waals surface area contributed by atoms with E-state index in [-0.39, 0.29) is 0 Å². The highest BCUT2D eigenvalue weighted by Gasteiger charge is 2.03. The molecule has 0 N–H and O–H groups in total. The van der Waals surface area contributed by atoms with Crippen LogP contribution in [0.4, 0.5) is 5.69 Å². The van der Waals surface area contributed by atoms with Crippen LogP contribution in [0.25, 0.3) is 10.4 Å². The standard InChI is InChI=1S/C15H15NS3/c1-2-3-10-18-15-9-8-14(19-15)12-4-6-13(7-5-12)16-11-17/h4-9H,2-3,10H2,1H3. The lowest BCUT2D eigenvalue weighted by Gasteiger charge is -1.98. The molecule has 0 saturated heterocycles. The van der Waals surface area contributed by atoms with Crippen LogP contribution in [0.3, 0.4) is 0 Å². The number of hydrogen-bond donors (Lipinski definition) is 0. The van der Waals surface area contributed by atoms with E-state index in [2.05, 4.69) is 53.6 Å². The number of nitrogens with zero attached hydrogens (tertiary/aromatic N) is 1. The van der Waals surface area contributed by atoms with Gasteiger partial charge < -0.3 is 0 Å². The molecule has 0 aliphatic rings. The van der Waals surface area contributed by atoms with E-state index in [1.54, 1.807) is 0 Å². The van der Waals surface area contributed by atoms with E-state index in [4.69, 9.17) is 0 Å². The van der Waals surface area contributed by atoms with Crippen LogP contribution < -0.4 is 0 Å². The van der Waals surface area contributed by atoms with Gasteiger partial charge >= 0.3 is 0 Å². The van der Waals surface area contributed by atoms with Crippen molar-refractivity contribution in [3.05, 3.63) is 36.4 Å². The quantitative estimate of drug-likeness (QED) is 0.279. The van der Waals surface area contributed by atoms with Gasteiger partial charge in [0, 0.05) is 4.88 Å². The number of thioether (sulfide) groups is 1. The SMILES string of the molecule is CCCCSc1ccc(-c2ccc(N=C=S)cc2)s1. The summed E-state index contributed by atoms with van der Waals surface area (Å²) in [6.07, 6.45) is 2.54. The third-order valence-corrected chi connectivity index (χ3v) is 5.19. The van der Waals surface area contributed by atoms with Crippen LogP contribution in [0, 0.1) is 0 Å². The van der Waals surface area contributed by atoms with Crippen molar-refractivity contribution in [1.82, 2.24) is 0 Å². The lowest BCUT2D eigenvalue weighted by Crippen LogP contribution is -1.74. The number of isothiocyanates is 1. The summed E-state index contributed by atoms with van der Waals surface area (Å²) in [5.41, 5.74) is 2.09. The zero-order chi connectivity index (χ0) is 13.5. The van der Waals surface area contributed by atoms with E-state index in [1.165, 1.54) is 33.2 Å². The first-order valence-corrected chi connectivity index (χ1v) is 8.45. The van der Waals surface area contributed by atoms with Crippen LogP contribution in [-0.4, -0.2) is 10.9 Å². The van der Waals surface area contributed by atoms with Crippen LogP contribution in [0.2, 0.25) is 0 Å². The second-order valence-corrected chi connectivity index (χ2v) is 6.73. The van der Waals surface area contributed by atoms with Crippen molar-refractivity contribution in [3.8, 4) is 10.4 Å². The minimum absolute atomic E-state index is 0.854. The summed E-state index contributed by atoms with van der Waals surface area (Å²) >= 11 is 8.40. The Morgan fingerprint density at radius 2 is 2.00 bits per heavy atom. The van der Waals surface area contributed by atoms with Crippen molar-refractivity contribution in [1.29, 1.82) is 0 Å². The van der Waals surface area contributed by atoms with Gasteiger partial charge in [-0.2, -0.15) is 4.99 Å². The number of thiophene rings is 1. The maximum absolute atomic E-state index is 4.60. The van der Waals surface area contributed by atoms with Crippen molar-refractivity contribution in [2.24, 2.45) is 4.99 Å². The van der Waals surface area contributed by atoms with Crippen LogP contribution >= 0.6 is 35.3 Å². The van der Waals surface area contributed by atoms with Gasteiger partial charge in [-0.15, -0.1) is 23.1 Å². The molecule has 0 fully saturated rings. The molecule has 1 heterocycles. The van der Waals surface area contributed by atoms with Crippen molar-refractivity contribution in [3.63, 3.8) is 0 Å². The Bertz CT molecular complexity index is 565. The zero-order valence-electron chi connectivity index (χ0n) is 10.8. The Hall–Kier alpha value is -0.930. The minimum atomic E-state index is 0.854. The molecule has 2 rings (SSSR count). The van der Waals surface area contributed by atoms with Gasteiger partial charge in [-0.05, 0) is 54.2 Å². The maximum atomic E-state index is 4.60. The molecule has 0 aliphatic heterocycles. The van der Waals surface area contributed by atoms with E-state index < -0.39 is 0 Å². The van der Waals surface area contributed by atoms with E-state index in [0.717, 1.165) is 5.69 Å². The van der Waals surface area contributed by atoms with Gasteiger partial charge in [-0.3, -0.25) is 0 Å². The monoisotopic (exact) mass is 305 g/mol. The molecule has 0 saturated carbocycles. The van der Waals surface area contributed by atoms with E-state index >= 15 is 0 Å². The number of unbranched alkanes of at least 4 members (excludes halogenated alkanes) is 1. The molecular formula is C15H15NS3. The van der Waals surface area contributed by atoms with E-state index in [0.29, 0.717) is 0 Å². The first-order chi connectivity index (χ1) is 9.33. The van der Waals surface area contributed by atoms with Gasteiger partial charge in [0.15, 0.2) is 0 Å². The molecule has 0 unspecified atom stereocenters. The molecular weight excluding hydrogens is 290 g/mol. The summed E-state index contributed by atoms with van der Waals surface area (Å²) in [4.78, 5) is 5.26. The van der Waals surface area contributed by atoms with Gasteiger partial charge in [-0.25, -0.2) is 0 Å². The van der Waals surface area contributed by atoms with Gasteiger partial charge in [0.05, 0.1) is 15.1 Å². The summed E-state index contributed by atoms with van der Waals surface area (Å²) in [6.45, 7) is 2.23. The van der Waals surface area contributed by atoms with Gasteiger partial charge in [-0.1, -0.05) is 25.5 Å². The Balaban J connectivity index is 2.07. The highest BCUT2D eigenvalue weighted by atomic mass is 32.2. The number of aliphatic imine (C=N–C) groups is 1. The summed E-state index contributed by atoms with van der Waals surface area (Å²) in [7, 11) is 0. The molecule has 2 aromatic rings. The lowest BCUT2D eigenvalue weighted by atomic mass is 10.2. The summed E-state index contributed by atoms with van der Waals surface area (Å²) in [5, 5.41) is 2.38. The smallest absolute Gasteiger partial charge is 0.0739 e. The highest BCUT2D eigenvalue weighted by molar-refractivity contribution is 8.01. The molecule has 0 spiro atoms. The van der Waals surface area contributed by atoms with Gasteiger partial charge in [0.2, 0.25) is 0 Å². The van der Waals surface area contributed by atoms with Crippen LogP contribution in [0.5, 0.6) is 0 Å². The maximum Gasteiger partial charge on any atom is 0.0739 e. The topological polar surface area (TPSA) is 12.4 Å². The molecule has 1 nitrogen and oxygen atoms in total. The first kappa shape index (κ1) is 14.5. The number of rotatable bonds is 6. The summed E-state index contributed by atoms with van der Waals surface area (Å²) < 4.78 is 1.39. The molecule has 4 heteroatoms. The second-order valence-electron chi connectivity index (χ2n) is 4.07. The average molecular weight is 305 g/mol. The van der Waals surface area contributed by atoms with Crippen LogP contribution in [0.15, 0.2) is 45.6 Å². The lowest BCUT2D eigenvalue weighted by molar-refractivity contribution is 0.896. The largest absolute Gasteiger partial charge is 0.195 e. The Morgan fingerprint density at radius 3 is 2.68 bits per heavy atom. The molecule has 1 aromatic heterocycles. The van der Waals surface area contributed by atoms with E-state index in [1.807, 2.05) is 35.2 Å². The second kappa shape index (κ2) is 7.61. The van der Waals surface area contributed by atoms with Crippen molar-refractivity contribution in [2.75, 3.05) is 5.75 Å². The average Bonchev–Trinajstić information content (AvgIpc) is 2.89. The third-order valence-electron chi connectivity index (χ3n) is 2.65. The number of thiocarbonyl (C=S) groups is 1. The summed E-state index contributed by atoms with van der Waals surface area (Å²) in [5.74, 6) is 1.21. The zero-order valence-corrected chi connectivity index (χ0v) is 13.2. The molecule has 0 radical (unpaired) electrons. The predicted molar refractivity (Wildman–Crippen MR) is 90.1 cm³/mol. The fraction of sp³-hybridized carbons (Fsp3) is 0.267. The van der Waals surface area contributed by atoms with Gasteiger partial charge in [0.25, 0.3) is 0 Å². The normalized spacial score (nSPS) is 10.2. The number of benzene rings is 1. The van der Waals surface area contributed by atoms with E-state index in [9.17, 15) is 0 Å². The molecule has 0 atom stereocenters. The molecule has 19 heavy (non-hydrogen) atoms. The summed E-state index contributed by atoms with van der Waals surface area (Å²) in [6, 6.07) is 12.5. The molecule has 0 bridgehead atoms. The molecule has 1 aromatic carbocycles. The Labute approximate surface area is 127 Å².